The van der Waals surface area contributed by atoms with Crippen molar-refractivity contribution < 1.29 is 17.2 Å². The smallest absolute Gasteiger partial charge is 0.244 e. The van der Waals surface area contributed by atoms with Crippen LogP contribution in [0.15, 0.2) is 45.9 Å². The Balaban J connectivity index is 2.41. The van der Waals surface area contributed by atoms with Crippen molar-refractivity contribution in [3.63, 3.8) is 0 Å². The van der Waals surface area contributed by atoms with Gasteiger partial charge >= 0.3 is 0 Å². The van der Waals surface area contributed by atoms with Crippen molar-refractivity contribution in [2.75, 3.05) is 7.05 Å². The van der Waals surface area contributed by atoms with Gasteiger partial charge in [-0.25, -0.2) is 12.8 Å². The zero-order valence-corrected chi connectivity index (χ0v) is 11.4. The van der Waals surface area contributed by atoms with Crippen LogP contribution in [0.1, 0.15) is 11.3 Å². The Hall–Kier alpha value is -2.17. The highest BCUT2D eigenvalue weighted by Gasteiger charge is 2.26. The topological polar surface area (TPSA) is 74.3 Å². The van der Waals surface area contributed by atoms with E-state index in [2.05, 4.69) is 0 Å². The van der Waals surface area contributed by atoms with Crippen molar-refractivity contribution >= 4 is 10.0 Å². The summed E-state index contributed by atoms with van der Waals surface area (Å²) < 4.78 is 44.3. The van der Waals surface area contributed by atoms with Gasteiger partial charge in [-0.05, 0) is 24.3 Å². The molecule has 0 bridgehead atoms. The average Bonchev–Trinajstić information content (AvgIpc) is 2.91. The molecular weight excluding hydrogens is 283 g/mol. The van der Waals surface area contributed by atoms with E-state index in [0.717, 1.165) is 10.4 Å². The molecule has 5 nitrogen and oxygen atoms in total. The number of rotatable bonds is 4. The normalized spacial score (nSPS) is 11.5. The van der Waals surface area contributed by atoms with Gasteiger partial charge in [-0.2, -0.15) is 9.57 Å². The fourth-order valence-corrected chi connectivity index (χ4v) is 2.99. The first-order valence-electron chi connectivity index (χ1n) is 5.64. The molecule has 2 rings (SSSR count). The van der Waals surface area contributed by atoms with Gasteiger partial charge in [0.15, 0.2) is 0 Å². The molecular formula is C13H11FN2O3S. The minimum atomic E-state index is -3.97. The molecule has 0 spiro atoms. The molecule has 0 fully saturated rings. The van der Waals surface area contributed by atoms with Crippen LogP contribution in [-0.2, 0) is 16.6 Å². The number of hydrogen-bond acceptors (Lipinski definition) is 4. The Morgan fingerprint density at radius 1 is 1.35 bits per heavy atom. The molecule has 1 aromatic carbocycles. The van der Waals surface area contributed by atoms with Crippen LogP contribution in [0.5, 0.6) is 0 Å². The summed E-state index contributed by atoms with van der Waals surface area (Å²) in [4.78, 5) is -0.353. The molecule has 20 heavy (non-hydrogen) atoms. The van der Waals surface area contributed by atoms with Crippen LogP contribution in [0.3, 0.4) is 0 Å². The van der Waals surface area contributed by atoms with Crippen LogP contribution >= 0.6 is 0 Å². The van der Waals surface area contributed by atoms with E-state index in [1.807, 2.05) is 0 Å². The maximum absolute atomic E-state index is 13.5. The van der Waals surface area contributed by atoms with Crippen molar-refractivity contribution in [3.8, 4) is 6.07 Å². The summed E-state index contributed by atoms with van der Waals surface area (Å²) >= 11 is 0. The van der Waals surface area contributed by atoms with E-state index in [1.165, 1.54) is 25.4 Å². The van der Waals surface area contributed by atoms with Crippen molar-refractivity contribution in [2.24, 2.45) is 0 Å². The second-order valence-electron chi connectivity index (χ2n) is 4.07. The van der Waals surface area contributed by atoms with Gasteiger partial charge in [0.1, 0.15) is 28.1 Å². The first-order chi connectivity index (χ1) is 9.46. The van der Waals surface area contributed by atoms with Crippen molar-refractivity contribution in [3.05, 3.63) is 53.7 Å². The van der Waals surface area contributed by atoms with Gasteiger partial charge in [-0.3, -0.25) is 0 Å². The molecule has 7 heteroatoms. The molecule has 104 valence electrons. The highest BCUT2D eigenvalue weighted by molar-refractivity contribution is 7.89. The van der Waals surface area contributed by atoms with Crippen LogP contribution in [0.2, 0.25) is 0 Å². The van der Waals surface area contributed by atoms with Crippen LogP contribution in [-0.4, -0.2) is 19.8 Å². The first-order valence-corrected chi connectivity index (χ1v) is 7.08. The Labute approximate surface area is 115 Å². The van der Waals surface area contributed by atoms with E-state index in [9.17, 15) is 12.8 Å². The van der Waals surface area contributed by atoms with Gasteiger partial charge in [0.2, 0.25) is 10.0 Å². The first kappa shape index (κ1) is 14.2. The highest BCUT2D eigenvalue weighted by atomic mass is 32.2. The zero-order chi connectivity index (χ0) is 14.8. The maximum atomic E-state index is 13.5. The van der Waals surface area contributed by atoms with Crippen molar-refractivity contribution in [1.29, 1.82) is 5.26 Å². The molecule has 2 aromatic rings. The van der Waals surface area contributed by atoms with E-state index in [1.54, 1.807) is 18.2 Å². The van der Waals surface area contributed by atoms with Crippen LogP contribution in [0, 0.1) is 17.1 Å². The van der Waals surface area contributed by atoms with E-state index >= 15 is 0 Å². The quantitative estimate of drug-likeness (QED) is 0.865. The SMILES string of the molecule is CN(Cc1ccco1)S(=O)(=O)c1cccc(F)c1C#N. The molecule has 0 radical (unpaired) electrons. The third-order valence-corrected chi connectivity index (χ3v) is 4.58. The minimum Gasteiger partial charge on any atom is -0.468 e. The van der Waals surface area contributed by atoms with Gasteiger partial charge in [0.05, 0.1) is 12.8 Å². The van der Waals surface area contributed by atoms with Gasteiger partial charge < -0.3 is 4.42 Å². The summed E-state index contributed by atoms with van der Waals surface area (Å²) in [7, 11) is -2.63. The minimum absolute atomic E-state index is 0.00326. The number of furan rings is 1. The summed E-state index contributed by atoms with van der Waals surface area (Å²) in [5, 5.41) is 8.91. The Bertz CT molecular complexity index is 748. The average molecular weight is 294 g/mol. The molecule has 0 saturated heterocycles. The predicted molar refractivity (Wildman–Crippen MR) is 68.5 cm³/mol. The Morgan fingerprint density at radius 2 is 2.10 bits per heavy atom. The Morgan fingerprint density at radius 3 is 2.70 bits per heavy atom. The van der Waals surface area contributed by atoms with Gasteiger partial charge in [-0.1, -0.05) is 6.07 Å². The third kappa shape index (κ3) is 2.57. The number of nitriles is 1. The molecule has 0 unspecified atom stereocenters. The predicted octanol–water partition coefficient (Wildman–Crippen LogP) is 2.11. The summed E-state index contributed by atoms with van der Waals surface area (Å²) in [6, 6.07) is 8.35. The molecule has 1 aromatic heterocycles. The molecule has 0 aliphatic carbocycles. The third-order valence-electron chi connectivity index (χ3n) is 2.73. The van der Waals surface area contributed by atoms with Crippen LogP contribution < -0.4 is 0 Å². The molecule has 1 heterocycles. The fourth-order valence-electron chi connectivity index (χ4n) is 1.70. The number of benzene rings is 1. The van der Waals surface area contributed by atoms with E-state index < -0.39 is 21.4 Å². The van der Waals surface area contributed by atoms with Crippen molar-refractivity contribution in [1.82, 2.24) is 4.31 Å². The molecule has 0 aliphatic heterocycles. The number of halogens is 1. The second-order valence-corrected chi connectivity index (χ2v) is 6.08. The molecule has 0 amide bonds. The molecule has 0 aliphatic rings. The van der Waals surface area contributed by atoms with Crippen molar-refractivity contribution in [2.45, 2.75) is 11.4 Å². The maximum Gasteiger partial charge on any atom is 0.244 e. The lowest BCUT2D eigenvalue weighted by Gasteiger charge is -2.16. The number of hydrogen-bond donors (Lipinski definition) is 0. The van der Waals surface area contributed by atoms with Gasteiger partial charge in [-0.15, -0.1) is 0 Å². The lowest BCUT2D eigenvalue weighted by atomic mass is 10.2. The lowest BCUT2D eigenvalue weighted by molar-refractivity contribution is 0.406. The summed E-state index contributed by atoms with van der Waals surface area (Å²) in [6.45, 7) is -0.00326. The largest absolute Gasteiger partial charge is 0.468 e. The molecule has 0 atom stereocenters. The number of sulfonamides is 1. The van der Waals surface area contributed by atoms with E-state index in [0.29, 0.717) is 5.76 Å². The summed E-state index contributed by atoms with van der Waals surface area (Å²) in [5.74, 6) is -0.411. The zero-order valence-electron chi connectivity index (χ0n) is 10.6. The van der Waals surface area contributed by atoms with E-state index in [-0.39, 0.29) is 11.4 Å². The lowest BCUT2D eigenvalue weighted by Crippen LogP contribution is -2.27. The second kappa shape index (κ2) is 5.45. The fraction of sp³-hybridized carbons (Fsp3) is 0.154. The van der Waals surface area contributed by atoms with Gasteiger partial charge in [0.25, 0.3) is 0 Å². The highest BCUT2D eigenvalue weighted by Crippen LogP contribution is 2.22. The van der Waals surface area contributed by atoms with Crippen LogP contribution in [0.25, 0.3) is 0 Å². The van der Waals surface area contributed by atoms with Crippen LogP contribution in [0.4, 0.5) is 4.39 Å². The standard InChI is InChI=1S/C13H11FN2O3S/c1-16(9-10-4-3-7-19-10)20(17,18)13-6-2-5-12(14)11(13)8-15/h2-7H,9H2,1H3. The number of nitrogens with zero attached hydrogens (tertiary/aromatic N) is 2. The Kier molecular flexibility index (Phi) is 3.88. The molecule has 0 saturated carbocycles. The molecule has 0 N–H and O–H groups in total. The summed E-state index contributed by atoms with van der Waals surface area (Å²) in [5.41, 5.74) is -0.487. The van der Waals surface area contributed by atoms with E-state index in [4.69, 9.17) is 9.68 Å². The van der Waals surface area contributed by atoms with Gasteiger partial charge in [0, 0.05) is 7.05 Å². The monoisotopic (exact) mass is 294 g/mol. The summed E-state index contributed by atoms with van der Waals surface area (Å²) in [6.07, 6.45) is 1.43.